The van der Waals surface area contributed by atoms with Crippen LogP contribution in [0.3, 0.4) is 0 Å². The lowest BCUT2D eigenvalue weighted by Gasteiger charge is -2.38. The fraction of sp³-hybridized carbons (Fsp3) is 0.382. The number of likely N-dealkylation sites (tertiary alicyclic amines) is 1. The molecule has 1 fully saturated rings. The highest BCUT2D eigenvalue weighted by Gasteiger charge is 2.41. The molecule has 2 heterocycles. The van der Waals surface area contributed by atoms with E-state index < -0.39 is 36.1 Å². The van der Waals surface area contributed by atoms with E-state index in [4.69, 9.17) is 4.98 Å². The average Bonchev–Trinajstić information content (AvgIpc) is 2.97. The highest BCUT2D eigenvalue weighted by molar-refractivity contribution is 6.05. The molecule has 0 unspecified atom stereocenters. The third-order valence-electron chi connectivity index (χ3n) is 8.59. The van der Waals surface area contributed by atoms with Crippen LogP contribution in [0.2, 0.25) is 0 Å². The fourth-order valence-electron chi connectivity index (χ4n) is 6.16. The third kappa shape index (κ3) is 6.87. The van der Waals surface area contributed by atoms with Gasteiger partial charge in [0, 0.05) is 35.5 Å². The number of pyridine rings is 1. The van der Waals surface area contributed by atoms with Crippen LogP contribution in [0.5, 0.6) is 0 Å². The lowest BCUT2D eigenvalue weighted by Crippen LogP contribution is -2.53. The van der Waals surface area contributed by atoms with E-state index in [1.807, 2.05) is 68.8 Å². The Balaban J connectivity index is 1.41. The second kappa shape index (κ2) is 12.5. The second-order valence-corrected chi connectivity index (χ2v) is 12.2. The standard InChI is InChI=1S/C34H37F3N4O3/c1-33(14-17-41(18-15-33)21-34(35,36)37)32(44)39-29(31(42)43)19-22-7-4-10-26-24(22)9-6-12-28(26)30-27-11-5-8-23(20-40(2)3)25(27)13-16-38-30/h4-13,16,29H,14-15,17-21H2,1-3H3,(H,39,44)(H,42,43)/t29-/m0/s1. The van der Waals surface area contributed by atoms with Crippen LogP contribution in [0.15, 0.2) is 66.9 Å². The number of hydrogen-bond donors (Lipinski definition) is 2. The zero-order valence-electron chi connectivity index (χ0n) is 25.1. The minimum absolute atomic E-state index is 0.0497. The van der Waals surface area contributed by atoms with E-state index in [9.17, 15) is 27.9 Å². The first-order valence-corrected chi connectivity index (χ1v) is 14.7. The van der Waals surface area contributed by atoms with E-state index >= 15 is 0 Å². The summed E-state index contributed by atoms with van der Waals surface area (Å²) in [5, 5.41) is 16.7. The Labute approximate surface area is 254 Å². The molecule has 3 aromatic carbocycles. The summed E-state index contributed by atoms with van der Waals surface area (Å²) in [5.74, 6) is -1.63. The summed E-state index contributed by atoms with van der Waals surface area (Å²) < 4.78 is 38.5. The molecule has 0 radical (unpaired) electrons. The molecular weight excluding hydrogens is 569 g/mol. The van der Waals surface area contributed by atoms with Crippen LogP contribution in [0, 0.1) is 5.41 Å². The van der Waals surface area contributed by atoms with E-state index in [1.54, 1.807) is 6.92 Å². The smallest absolute Gasteiger partial charge is 0.401 e. The maximum Gasteiger partial charge on any atom is 0.401 e. The molecule has 44 heavy (non-hydrogen) atoms. The predicted molar refractivity (Wildman–Crippen MR) is 165 cm³/mol. The van der Waals surface area contributed by atoms with E-state index in [0.29, 0.717) is 0 Å². The average molecular weight is 607 g/mol. The van der Waals surface area contributed by atoms with Gasteiger partial charge in [0.1, 0.15) is 6.04 Å². The predicted octanol–water partition coefficient (Wildman–Crippen LogP) is 5.89. The van der Waals surface area contributed by atoms with Crippen molar-refractivity contribution in [3.05, 3.63) is 78.0 Å². The van der Waals surface area contributed by atoms with Crippen LogP contribution < -0.4 is 5.32 Å². The number of rotatable bonds is 9. The molecule has 1 amide bonds. The summed E-state index contributed by atoms with van der Waals surface area (Å²) >= 11 is 0. The number of hydrogen-bond acceptors (Lipinski definition) is 5. The molecule has 1 saturated heterocycles. The number of benzene rings is 3. The number of piperidine rings is 1. The van der Waals surface area contributed by atoms with Gasteiger partial charge in [0.25, 0.3) is 0 Å². The lowest BCUT2D eigenvalue weighted by atomic mass is 9.79. The number of aromatic nitrogens is 1. The first-order valence-electron chi connectivity index (χ1n) is 14.7. The number of carbonyl (C=O) groups excluding carboxylic acids is 1. The Morgan fingerprint density at radius 3 is 2.23 bits per heavy atom. The van der Waals surface area contributed by atoms with Crippen molar-refractivity contribution < 1.29 is 27.9 Å². The number of alkyl halides is 3. The van der Waals surface area contributed by atoms with Gasteiger partial charge in [0.15, 0.2) is 0 Å². The summed E-state index contributed by atoms with van der Waals surface area (Å²) in [4.78, 5) is 33.8. The van der Waals surface area contributed by atoms with Crippen LogP contribution in [-0.2, 0) is 22.6 Å². The Kier molecular flexibility index (Phi) is 8.95. The van der Waals surface area contributed by atoms with Crippen molar-refractivity contribution in [1.82, 2.24) is 20.1 Å². The third-order valence-corrected chi connectivity index (χ3v) is 8.59. The Morgan fingerprint density at radius 1 is 0.955 bits per heavy atom. The van der Waals surface area contributed by atoms with Crippen LogP contribution in [-0.4, -0.2) is 77.7 Å². The summed E-state index contributed by atoms with van der Waals surface area (Å²) in [6.45, 7) is 1.69. The molecule has 0 saturated carbocycles. The van der Waals surface area contributed by atoms with Gasteiger partial charge in [-0.15, -0.1) is 0 Å². The number of nitrogens with one attached hydrogen (secondary N) is 1. The van der Waals surface area contributed by atoms with Gasteiger partial charge in [0.2, 0.25) is 5.91 Å². The number of nitrogens with zero attached hydrogens (tertiary/aromatic N) is 3. The number of aliphatic carboxylic acids is 1. The van der Waals surface area contributed by atoms with E-state index in [0.717, 1.165) is 44.9 Å². The van der Waals surface area contributed by atoms with Gasteiger partial charge in [-0.2, -0.15) is 13.2 Å². The largest absolute Gasteiger partial charge is 0.480 e. The quantitative estimate of drug-likeness (QED) is 0.247. The number of carbonyl (C=O) groups is 2. The topological polar surface area (TPSA) is 85.8 Å². The Hall–Kier alpha value is -4.02. The molecule has 1 aliphatic rings. The molecule has 2 N–H and O–H groups in total. The van der Waals surface area contributed by atoms with Crippen molar-refractivity contribution in [2.45, 2.75) is 44.9 Å². The van der Waals surface area contributed by atoms with Gasteiger partial charge < -0.3 is 15.3 Å². The van der Waals surface area contributed by atoms with Gasteiger partial charge in [-0.3, -0.25) is 14.7 Å². The van der Waals surface area contributed by atoms with Gasteiger partial charge in [-0.05, 0) is 73.4 Å². The molecule has 1 aliphatic heterocycles. The molecule has 0 spiro atoms. The molecule has 232 valence electrons. The minimum Gasteiger partial charge on any atom is -0.480 e. The zero-order valence-corrected chi connectivity index (χ0v) is 25.1. The molecule has 0 aliphatic carbocycles. The van der Waals surface area contributed by atoms with Gasteiger partial charge in [-0.25, -0.2) is 4.79 Å². The van der Waals surface area contributed by atoms with Gasteiger partial charge >= 0.3 is 12.1 Å². The van der Waals surface area contributed by atoms with Crippen molar-refractivity contribution in [2.24, 2.45) is 5.41 Å². The number of amides is 1. The van der Waals surface area contributed by atoms with Crippen molar-refractivity contribution in [1.29, 1.82) is 0 Å². The van der Waals surface area contributed by atoms with E-state index in [-0.39, 0.29) is 32.4 Å². The molecule has 1 aromatic heterocycles. The highest BCUT2D eigenvalue weighted by Crippen LogP contribution is 2.36. The first-order chi connectivity index (χ1) is 20.8. The monoisotopic (exact) mass is 606 g/mol. The molecule has 0 bridgehead atoms. The molecule has 1 atom stereocenters. The Bertz CT molecular complexity index is 1680. The zero-order chi connectivity index (χ0) is 31.6. The number of carboxylic acids is 1. The molecule has 10 heteroatoms. The lowest BCUT2D eigenvalue weighted by molar-refractivity contribution is -0.154. The normalized spacial score (nSPS) is 16.3. The summed E-state index contributed by atoms with van der Waals surface area (Å²) in [7, 11) is 4.06. The fourth-order valence-corrected chi connectivity index (χ4v) is 6.16. The van der Waals surface area contributed by atoms with Crippen LogP contribution in [0.25, 0.3) is 32.8 Å². The Morgan fingerprint density at radius 2 is 1.57 bits per heavy atom. The van der Waals surface area contributed by atoms with Crippen molar-refractivity contribution in [3.63, 3.8) is 0 Å². The molecule has 7 nitrogen and oxygen atoms in total. The number of carboxylic acid groups (broad SMARTS) is 1. The molecule has 4 aromatic rings. The number of fused-ring (bicyclic) bond motifs is 2. The molecule has 5 rings (SSSR count). The van der Waals surface area contributed by atoms with E-state index in [1.165, 1.54) is 10.5 Å². The second-order valence-electron chi connectivity index (χ2n) is 12.2. The summed E-state index contributed by atoms with van der Waals surface area (Å²) in [6, 6.07) is 18.6. The summed E-state index contributed by atoms with van der Waals surface area (Å²) in [5.41, 5.74) is 2.75. The first kappa shape index (κ1) is 31.4. The van der Waals surface area contributed by atoms with Crippen LogP contribution >= 0.6 is 0 Å². The molecular formula is C34H37F3N4O3. The highest BCUT2D eigenvalue weighted by atomic mass is 19.4. The summed E-state index contributed by atoms with van der Waals surface area (Å²) in [6.07, 6.45) is -2.01. The maximum absolute atomic E-state index is 13.3. The maximum atomic E-state index is 13.3. The van der Waals surface area contributed by atoms with Crippen molar-refractivity contribution >= 4 is 33.4 Å². The van der Waals surface area contributed by atoms with Crippen molar-refractivity contribution in [2.75, 3.05) is 33.7 Å². The SMILES string of the molecule is CN(C)Cc1cccc2c(-c3cccc4c(C[C@H](NC(=O)C5(C)CCN(CC(F)(F)F)CC5)C(=O)O)cccc34)nccc12. The van der Waals surface area contributed by atoms with Gasteiger partial charge in [0.05, 0.1) is 12.2 Å². The van der Waals surface area contributed by atoms with Gasteiger partial charge in [-0.1, -0.05) is 61.5 Å². The van der Waals surface area contributed by atoms with E-state index in [2.05, 4.69) is 22.3 Å². The number of halogens is 3. The minimum atomic E-state index is -4.30. The van der Waals surface area contributed by atoms with Crippen molar-refractivity contribution in [3.8, 4) is 11.3 Å². The van der Waals surface area contributed by atoms with Crippen LogP contribution in [0.1, 0.15) is 30.9 Å². The van der Waals surface area contributed by atoms with Crippen LogP contribution in [0.4, 0.5) is 13.2 Å².